The third kappa shape index (κ3) is 4.29. The zero-order valence-electron chi connectivity index (χ0n) is 15.3. The summed E-state index contributed by atoms with van der Waals surface area (Å²) in [5, 5.41) is 9.30. The normalized spacial score (nSPS) is 11.6. The summed E-state index contributed by atoms with van der Waals surface area (Å²) in [6.45, 7) is 0. The Kier molecular flexibility index (Phi) is 5.44. The molecule has 3 heterocycles. The molecular formula is C19H12ClF3N6S. The number of hydrogen-bond acceptors (Lipinski definition) is 6. The lowest BCUT2D eigenvalue weighted by Crippen LogP contribution is -2.10. The van der Waals surface area contributed by atoms with Gasteiger partial charge in [0.1, 0.15) is 10.7 Å². The Balaban J connectivity index is 1.72. The molecule has 0 saturated heterocycles. The van der Waals surface area contributed by atoms with E-state index in [2.05, 4.69) is 25.1 Å². The van der Waals surface area contributed by atoms with Gasteiger partial charge in [-0.05, 0) is 48.2 Å². The molecule has 30 heavy (non-hydrogen) atoms. The van der Waals surface area contributed by atoms with Crippen molar-refractivity contribution in [2.75, 3.05) is 0 Å². The first kappa shape index (κ1) is 20.3. The maximum absolute atomic E-state index is 13.4. The van der Waals surface area contributed by atoms with Crippen LogP contribution >= 0.6 is 23.4 Å². The molecule has 0 unspecified atom stereocenters. The van der Waals surface area contributed by atoms with Crippen LogP contribution in [-0.4, -0.2) is 29.7 Å². The number of pyridine rings is 1. The molecular weight excluding hydrogens is 437 g/mol. The first-order valence-corrected chi connectivity index (χ1v) is 9.70. The minimum Gasteiger partial charge on any atom is -0.305 e. The molecule has 0 amide bonds. The summed E-state index contributed by atoms with van der Waals surface area (Å²) in [5.41, 5.74) is 0.169. The molecule has 152 valence electrons. The molecule has 0 aliphatic carbocycles. The van der Waals surface area contributed by atoms with Gasteiger partial charge in [0.15, 0.2) is 16.8 Å². The van der Waals surface area contributed by atoms with Crippen LogP contribution in [0, 0.1) is 0 Å². The lowest BCUT2D eigenvalue weighted by molar-refractivity contribution is -0.141. The molecule has 0 bridgehead atoms. The van der Waals surface area contributed by atoms with Gasteiger partial charge in [0.05, 0.1) is 0 Å². The van der Waals surface area contributed by atoms with E-state index in [4.69, 9.17) is 11.6 Å². The molecule has 0 aliphatic heterocycles. The number of benzene rings is 1. The van der Waals surface area contributed by atoms with E-state index in [9.17, 15) is 13.2 Å². The van der Waals surface area contributed by atoms with Crippen LogP contribution in [0.5, 0.6) is 0 Å². The highest BCUT2D eigenvalue weighted by Gasteiger charge is 2.34. The molecule has 4 rings (SSSR count). The van der Waals surface area contributed by atoms with Crippen molar-refractivity contribution in [2.24, 2.45) is 7.05 Å². The Morgan fingerprint density at radius 3 is 2.30 bits per heavy atom. The molecule has 0 N–H and O–H groups in total. The van der Waals surface area contributed by atoms with Crippen molar-refractivity contribution in [3.8, 4) is 22.8 Å². The number of halogens is 4. The van der Waals surface area contributed by atoms with Gasteiger partial charge in [-0.2, -0.15) is 13.2 Å². The highest BCUT2D eigenvalue weighted by Crippen LogP contribution is 2.34. The smallest absolute Gasteiger partial charge is 0.305 e. The summed E-state index contributed by atoms with van der Waals surface area (Å²) in [6.07, 6.45) is -1.69. The Hall–Kier alpha value is -2.98. The maximum Gasteiger partial charge on any atom is 0.433 e. The number of hydrogen-bond donors (Lipinski definition) is 0. The van der Waals surface area contributed by atoms with Crippen LogP contribution in [-0.2, 0) is 13.2 Å². The predicted molar refractivity (Wildman–Crippen MR) is 106 cm³/mol. The van der Waals surface area contributed by atoms with Crippen molar-refractivity contribution >= 4 is 23.4 Å². The molecule has 4 aromatic rings. The molecule has 0 fully saturated rings. The SMILES string of the molecule is Cn1c(Sc2cc(C(F)(F)F)nc(-c3ccncc3)n2)nnc1-c1ccc(Cl)cc1. The standard InChI is InChI=1S/C19H12ClF3N6S/c1-29-17(12-2-4-13(20)5-3-12)27-28-18(29)30-15-10-14(19(21,22)23)25-16(26-15)11-6-8-24-9-7-11/h2-10H,1H3. The van der Waals surface area contributed by atoms with Crippen molar-refractivity contribution < 1.29 is 13.2 Å². The summed E-state index contributed by atoms with van der Waals surface area (Å²) >= 11 is 6.88. The minimum absolute atomic E-state index is 0.0465. The first-order valence-electron chi connectivity index (χ1n) is 8.51. The zero-order valence-corrected chi connectivity index (χ0v) is 16.9. The Morgan fingerprint density at radius 1 is 0.933 bits per heavy atom. The fourth-order valence-corrected chi connectivity index (χ4v) is 3.52. The summed E-state index contributed by atoms with van der Waals surface area (Å²) in [5.74, 6) is 0.503. The number of aromatic nitrogens is 6. The van der Waals surface area contributed by atoms with E-state index in [1.54, 1.807) is 48.0 Å². The highest BCUT2D eigenvalue weighted by molar-refractivity contribution is 7.99. The second-order valence-corrected chi connectivity index (χ2v) is 7.55. The van der Waals surface area contributed by atoms with Crippen LogP contribution in [0.4, 0.5) is 13.2 Å². The van der Waals surface area contributed by atoms with Crippen molar-refractivity contribution in [1.29, 1.82) is 0 Å². The summed E-state index contributed by atoms with van der Waals surface area (Å²) in [4.78, 5) is 11.8. The molecule has 6 nitrogen and oxygen atoms in total. The Bertz CT molecular complexity index is 1180. The third-order valence-corrected chi connectivity index (χ3v) is 5.27. The van der Waals surface area contributed by atoms with Crippen molar-refractivity contribution in [3.63, 3.8) is 0 Å². The molecule has 0 aliphatic rings. The molecule has 11 heteroatoms. The van der Waals surface area contributed by atoms with Crippen LogP contribution in [0.25, 0.3) is 22.8 Å². The molecule has 0 atom stereocenters. The Labute approximate surface area is 178 Å². The lowest BCUT2D eigenvalue weighted by Gasteiger charge is -2.10. The topological polar surface area (TPSA) is 69.4 Å². The summed E-state index contributed by atoms with van der Waals surface area (Å²) in [6, 6.07) is 11.0. The van der Waals surface area contributed by atoms with Crippen molar-refractivity contribution in [2.45, 2.75) is 16.4 Å². The number of nitrogens with zero attached hydrogens (tertiary/aromatic N) is 6. The van der Waals surface area contributed by atoms with E-state index in [1.165, 1.54) is 12.4 Å². The van der Waals surface area contributed by atoms with Gasteiger partial charge in [-0.1, -0.05) is 11.6 Å². The van der Waals surface area contributed by atoms with Gasteiger partial charge >= 0.3 is 6.18 Å². The van der Waals surface area contributed by atoms with Crippen molar-refractivity contribution in [3.05, 3.63) is 65.6 Å². The fourth-order valence-electron chi connectivity index (χ4n) is 2.60. The van der Waals surface area contributed by atoms with E-state index in [0.29, 0.717) is 21.6 Å². The second kappa shape index (κ2) is 8.04. The molecule has 0 spiro atoms. The minimum atomic E-state index is -4.62. The largest absolute Gasteiger partial charge is 0.433 e. The van der Waals surface area contributed by atoms with Crippen LogP contribution in [0.1, 0.15) is 5.69 Å². The molecule has 0 radical (unpaired) electrons. The maximum atomic E-state index is 13.4. The van der Waals surface area contributed by atoms with Gasteiger partial charge in [0.2, 0.25) is 0 Å². The average molecular weight is 449 g/mol. The second-order valence-electron chi connectivity index (χ2n) is 6.12. The van der Waals surface area contributed by atoms with E-state index < -0.39 is 11.9 Å². The van der Waals surface area contributed by atoms with E-state index in [1.807, 2.05) is 0 Å². The van der Waals surface area contributed by atoms with Crippen LogP contribution < -0.4 is 0 Å². The van der Waals surface area contributed by atoms with E-state index in [0.717, 1.165) is 23.4 Å². The molecule has 3 aromatic heterocycles. The van der Waals surface area contributed by atoms with Gasteiger partial charge in [0, 0.05) is 41.7 Å². The summed E-state index contributed by atoms with van der Waals surface area (Å²) < 4.78 is 41.8. The fraction of sp³-hybridized carbons (Fsp3) is 0.105. The Morgan fingerprint density at radius 2 is 1.63 bits per heavy atom. The van der Waals surface area contributed by atoms with Gasteiger partial charge in [-0.3, -0.25) is 4.98 Å². The monoisotopic (exact) mass is 448 g/mol. The molecule has 0 saturated carbocycles. The van der Waals surface area contributed by atoms with Crippen LogP contribution in [0.2, 0.25) is 5.02 Å². The van der Waals surface area contributed by atoms with E-state index >= 15 is 0 Å². The quantitative estimate of drug-likeness (QED) is 0.402. The zero-order chi connectivity index (χ0) is 21.3. The van der Waals surface area contributed by atoms with Gasteiger partial charge in [-0.15, -0.1) is 10.2 Å². The number of rotatable bonds is 4. The number of alkyl halides is 3. The third-order valence-electron chi connectivity index (χ3n) is 4.06. The highest BCUT2D eigenvalue weighted by atomic mass is 35.5. The van der Waals surface area contributed by atoms with Gasteiger partial charge in [0.25, 0.3) is 0 Å². The van der Waals surface area contributed by atoms with Gasteiger partial charge < -0.3 is 4.57 Å². The average Bonchev–Trinajstić information content (AvgIpc) is 3.08. The van der Waals surface area contributed by atoms with Crippen LogP contribution in [0.15, 0.2) is 65.0 Å². The first-order chi connectivity index (χ1) is 14.3. The van der Waals surface area contributed by atoms with E-state index in [-0.39, 0.29) is 10.9 Å². The van der Waals surface area contributed by atoms with Crippen LogP contribution in [0.3, 0.4) is 0 Å². The van der Waals surface area contributed by atoms with Crippen molar-refractivity contribution in [1.82, 2.24) is 29.7 Å². The van der Waals surface area contributed by atoms with Gasteiger partial charge in [-0.25, -0.2) is 9.97 Å². The lowest BCUT2D eigenvalue weighted by atomic mass is 10.2. The predicted octanol–water partition coefficient (Wildman–Crippen LogP) is 5.16. The molecule has 1 aromatic carbocycles. The summed E-state index contributed by atoms with van der Waals surface area (Å²) in [7, 11) is 1.72.